The van der Waals surface area contributed by atoms with E-state index >= 15 is 0 Å². The number of nitrogens with one attached hydrogen (secondary N) is 2. The van der Waals surface area contributed by atoms with Gasteiger partial charge < -0.3 is 15.0 Å². The third-order valence-electron chi connectivity index (χ3n) is 4.78. The molecule has 3 rings (SSSR count). The van der Waals surface area contributed by atoms with Crippen LogP contribution in [0.2, 0.25) is 0 Å². The highest BCUT2D eigenvalue weighted by atomic mass is 19.3. The SMILES string of the molecule is CC1(C)CCN(c2ccc(F)c(F)c2OC(F)F)C1C(=O)Nc1cn[nH]c(=O)c1. The van der Waals surface area contributed by atoms with Gasteiger partial charge in [-0.15, -0.1) is 0 Å². The Morgan fingerprint density at radius 3 is 2.76 bits per heavy atom. The Morgan fingerprint density at radius 2 is 2.10 bits per heavy atom. The Labute approximate surface area is 162 Å². The molecule has 1 fully saturated rings. The summed E-state index contributed by atoms with van der Waals surface area (Å²) < 4.78 is 57.6. The van der Waals surface area contributed by atoms with Gasteiger partial charge in [0.1, 0.15) is 6.04 Å². The number of ether oxygens (including phenoxy) is 1. The van der Waals surface area contributed by atoms with Gasteiger partial charge in [-0.2, -0.15) is 18.3 Å². The van der Waals surface area contributed by atoms with Crippen LogP contribution in [-0.2, 0) is 4.79 Å². The van der Waals surface area contributed by atoms with E-state index in [1.165, 1.54) is 11.1 Å². The van der Waals surface area contributed by atoms with Crippen molar-refractivity contribution >= 4 is 17.3 Å². The quantitative estimate of drug-likeness (QED) is 0.735. The van der Waals surface area contributed by atoms with Gasteiger partial charge in [0.05, 0.1) is 17.6 Å². The van der Waals surface area contributed by atoms with Gasteiger partial charge in [-0.3, -0.25) is 9.59 Å². The smallest absolute Gasteiger partial charge is 0.387 e. The second-order valence-corrected chi connectivity index (χ2v) is 7.25. The lowest BCUT2D eigenvalue weighted by molar-refractivity contribution is -0.119. The normalized spacial score (nSPS) is 18.2. The van der Waals surface area contributed by atoms with Crippen LogP contribution in [0.1, 0.15) is 20.3 Å². The molecule has 2 heterocycles. The number of nitrogens with zero attached hydrogens (tertiary/aromatic N) is 2. The van der Waals surface area contributed by atoms with E-state index in [9.17, 15) is 27.2 Å². The number of aromatic nitrogens is 2. The van der Waals surface area contributed by atoms with Crippen molar-refractivity contribution in [3.63, 3.8) is 0 Å². The van der Waals surface area contributed by atoms with Crippen LogP contribution >= 0.6 is 0 Å². The van der Waals surface area contributed by atoms with Crippen molar-refractivity contribution in [1.82, 2.24) is 10.2 Å². The van der Waals surface area contributed by atoms with Gasteiger partial charge in [0, 0.05) is 12.6 Å². The molecule has 156 valence electrons. The average Bonchev–Trinajstić information content (AvgIpc) is 2.94. The van der Waals surface area contributed by atoms with Crippen LogP contribution < -0.4 is 20.5 Å². The summed E-state index contributed by atoms with van der Waals surface area (Å²) >= 11 is 0. The molecular formula is C18H18F4N4O3. The van der Waals surface area contributed by atoms with Gasteiger partial charge in [-0.25, -0.2) is 9.49 Å². The van der Waals surface area contributed by atoms with Crippen LogP contribution in [0.4, 0.5) is 28.9 Å². The number of anilines is 2. The highest BCUT2D eigenvalue weighted by molar-refractivity contribution is 5.98. The van der Waals surface area contributed by atoms with E-state index in [4.69, 9.17) is 0 Å². The Bertz CT molecular complexity index is 980. The van der Waals surface area contributed by atoms with E-state index < -0.39 is 46.9 Å². The maximum absolute atomic E-state index is 14.2. The molecule has 1 aromatic heterocycles. The van der Waals surface area contributed by atoms with Crippen LogP contribution in [0.15, 0.2) is 29.2 Å². The zero-order valence-corrected chi connectivity index (χ0v) is 15.5. The van der Waals surface area contributed by atoms with E-state index in [1.54, 1.807) is 13.8 Å². The van der Waals surface area contributed by atoms with E-state index in [2.05, 4.69) is 20.3 Å². The molecule has 1 saturated heterocycles. The molecule has 0 spiro atoms. The lowest BCUT2D eigenvalue weighted by Crippen LogP contribution is -2.46. The molecule has 1 atom stereocenters. The van der Waals surface area contributed by atoms with Crippen molar-refractivity contribution in [1.29, 1.82) is 0 Å². The second kappa shape index (κ2) is 7.72. The Kier molecular flexibility index (Phi) is 5.49. The molecule has 11 heteroatoms. The zero-order valence-electron chi connectivity index (χ0n) is 15.5. The Balaban J connectivity index is 1.99. The summed E-state index contributed by atoms with van der Waals surface area (Å²) in [5.41, 5.74) is -1.21. The predicted octanol–water partition coefficient (Wildman–Crippen LogP) is 2.89. The first-order valence-electron chi connectivity index (χ1n) is 8.65. The number of H-pyrrole nitrogens is 1. The zero-order chi connectivity index (χ0) is 21.3. The van der Waals surface area contributed by atoms with E-state index in [0.29, 0.717) is 6.42 Å². The minimum atomic E-state index is -3.38. The van der Waals surface area contributed by atoms with Crippen LogP contribution in [0.25, 0.3) is 0 Å². The van der Waals surface area contributed by atoms with Gasteiger partial charge in [-0.05, 0) is 24.0 Å². The summed E-state index contributed by atoms with van der Waals surface area (Å²) in [6.45, 7) is 0.389. The highest BCUT2D eigenvalue weighted by Gasteiger charge is 2.46. The molecule has 0 bridgehead atoms. The summed E-state index contributed by atoms with van der Waals surface area (Å²) in [5.74, 6) is -4.44. The Morgan fingerprint density at radius 1 is 1.38 bits per heavy atom. The molecule has 1 unspecified atom stereocenters. The van der Waals surface area contributed by atoms with Gasteiger partial charge in [0.25, 0.3) is 5.56 Å². The summed E-state index contributed by atoms with van der Waals surface area (Å²) in [5, 5.41) is 8.30. The lowest BCUT2D eigenvalue weighted by atomic mass is 9.84. The van der Waals surface area contributed by atoms with Crippen molar-refractivity contribution in [2.45, 2.75) is 32.9 Å². The third-order valence-corrected chi connectivity index (χ3v) is 4.78. The topological polar surface area (TPSA) is 87.3 Å². The fraction of sp³-hybridized carbons (Fsp3) is 0.389. The predicted molar refractivity (Wildman–Crippen MR) is 96.0 cm³/mol. The van der Waals surface area contributed by atoms with Gasteiger partial charge in [0.2, 0.25) is 11.7 Å². The van der Waals surface area contributed by atoms with Crippen LogP contribution in [0.5, 0.6) is 5.75 Å². The Hall–Kier alpha value is -3.11. The first kappa shape index (κ1) is 20.6. The number of benzene rings is 1. The summed E-state index contributed by atoms with van der Waals surface area (Å²) in [7, 11) is 0. The number of hydrogen-bond donors (Lipinski definition) is 2. The van der Waals surface area contributed by atoms with Crippen molar-refractivity contribution in [3.05, 3.63) is 46.4 Å². The molecule has 7 nitrogen and oxygen atoms in total. The molecule has 29 heavy (non-hydrogen) atoms. The standard InChI is InChI=1S/C18H18F4N4O3/c1-18(2)5-6-26(11-4-3-10(19)13(20)14(11)29-17(21)22)15(18)16(28)24-9-7-12(27)25-23-8-9/h3-4,7-8,15,17H,5-6H2,1-2H3,(H2,24,25,27,28). The fourth-order valence-corrected chi connectivity index (χ4v) is 3.46. The van der Waals surface area contributed by atoms with E-state index in [-0.39, 0.29) is 17.9 Å². The number of aromatic amines is 1. The monoisotopic (exact) mass is 414 g/mol. The van der Waals surface area contributed by atoms with E-state index in [1.807, 2.05) is 0 Å². The minimum Gasteiger partial charge on any atom is -0.429 e. The molecule has 2 aromatic rings. The first-order valence-corrected chi connectivity index (χ1v) is 8.65. The van der Waals surface area contributed by atoms with E-state index in [0.717, 1.165) is 18.2 Å². The number of alkyl halides is 2. The molecule has 1 amide bonds. The number of halogens is 4. The summed E-state index contributed by atoms with van der Waals surface area (Å²) in [6, 6.07) is 2.06. The number of carbonyl (C=O) groups excluding carboxylic acids is 1. The largest absolute Gasteiger partial charge is 0.429 e. The maximum Gasteiger partial charge on any atom is 0.387 e. The number of carbonyl (C=O) groups is 1. The molecule has 0 saturated carbocycles. The molecule has 1 aliphatic rings. The highest BCUT2D eigenvalue weighted by Crippen LogP contribution is 2.44. The molecule has 1 aromatic carbocycles. The number of hydrogen-bond acceptors (Lipinski definition) is 5. The third kappa shape index (κ3) is 4.17. The van der Waals surface area contributed by atoms with Crippen LogP contribution in [0.3, 0.4) is 0 Å². The summed E-state index contributed by atoms with van der Waals surface area (Å²) in [6.07, 6.45) is 1.69. The fourth-order valence-electron chi connectivity index (χ4n) is 3.46. The second-order valence-electron chi connectivity index (χ2n) is 7.25. The molecule has 1 aliphatic heterocycles. The van der Waals surface area contributed by atoms with Crippen molar-refractivity contribution in [3.8, 4) is 5.75 Å². The molecule has 0 radical (unpaired) electrons. The minimum absolute atomic E-state index is 0.135. The molecular weight excluding hydrogens is 396 g/mol. The lowest BCUT2D eigenvalue weighted by Gasteiger charge is -2.33. The number of amides is 1. The van der Waals surface area contributed by atoms with Crippen molar-refractivity contribution in [2.24, 2.45) is 5.41 Å². The molecule has 2 N–H and O–H groups in total. The van der Waals surface area contributed by atoms with Crippen LogP contribution in [0, 0.1) is 17.0 Å². The van der Waals surface area contributed by atoms with Crippen molar-refractivity contribution < 1.29 is 27.1 Å². The number of rotatable bonds is 5. The van der Waals surface area contributed by atoms with Gasteiger partial charge in [0.15, 0.2) is 11.6 Å². The summed E-state index contributed by atoms with van der Waals surface area (Å²) in [4.78, 5) is 25.7. The van der Waals surface area contributed by atoms with Gasteiger partial charge >= 0.3 is 6.61 Å². The molecule has 0 aliphatic carbocycles. The maximum atomic E-state index is 14.2. The van der Waals surface area contributed by atoms with Crippen molar-refractivity contribution in [2.75, 3.05) is 16.8 Å². The van der Waals surface area contributed by atoms with Gasteiger partial charge in [-0.1, -0.05) is 13.8 Å². The average molecular weight is 414 g/mol. The van der Waals surface area contributed by atoms with Crippen LogP contribution in [-0.4, -0.2) is 35.3 Å². The first-order chi connectivity index (χ1) is 13.6.